The molecular weight excluding hydrogens is 236 g/mol. The first-order chi connectivity index (χ1) is 8.54. The molecule has 1 saturated carbocycles. The van der Waals surface area contributed by atoms with E-state index in [-0.39, 0.29) is 24.2 Å². The molecule has 0 radical (unpaired) electrons. The molecule has 0 aromatic carbocycles. The molecule has 98 valence electrons. The fraction of sp³-hybridized carbons (Fsp3) is 0.636. The van der Waals surface area contributed by atoms with E-state index < -0.39 is 5.97 Å². The topological polar surface area (TPSA) is 97.1 Å². The van der Waals surface area contributed by atoms with Crippen molar-refractivity contribution in [2.45, 2.75) is 38.8 Å². The molecular formula is C11H16N4O3. The number of hydrogen-bond donors (Lipinski definition) is 2. The van der Waals surface area contributed by atoms with Crippen molar-refractivity contribution in [1.82, 2.24) is 20.3 Å². The molecule has 0 aliphatic heterocycles. The molecule has 1 aliphatic carbocycles. The fourth-order valence-electron chi connectivity index (χ4n) is 2.23. The van der Waals surface area contributed by atoms with Gasteiger partial charge in [-0.25, -0.2) is 9.48 Å². The largest absolute Gasteiger partial charge is 0.476 e. The molecule has 7 nitrogen and oxygen atoms in total. The van der Waals surface area contributed by atoms with Crippen LogP contribution in [0.5, 0.6) is 0 Å². The van der Waals surface area contributed by atoms with Crippen LogP contribution in [-0.4, -0.2) is 38.0 Å². The molecule has 1 aliphatic rings. The lowest BCUT2D eigenvalue weighted by molar-refractivity contribution is -0.122. The number of aromatic carboxylic acids is 1. The monoisotopic (exact) mass is 252 g/mol. The molecule has 2 N–H and O–H groups in total. The van der Waals surface area contributed by atoms with Crippen LogP contribution in [0.2, 0.25) is 0 Å². The first kappa shape index (κ1) is 12.5. The van der Waals surface area contributed by atoms with E-state index in [0.717, 1.165) is 19.3 Å². The predicted molar refractivity (Wildman–Crippen MR) is 61.9 cm³/mol. The second-order valence-electron chi connectivity index (χ2n) is 4.79. The van der Waals surface area contributed by atoms with Gasteiger partial charge in [0.15, 0.2) is 5.69 Å². The summed E-state index contributed by atoms with van der Waals surface area (Å²) in [5.74, 6) is -0.650. The van der Waals surface area contributed by atoms with Crippen LogP contribution in [-0.2, 0) is 11.3 Å². The Balaban J connectivity index is 1.85. The van der Waals surface area contributed by atoms with Crippen LogP contribution >= 0.6 is 0 Å². The van der Waals surface area contributed by atoms with Gasteiger partial charge in [-0.2, -0.15) is 0 Å². The summed E-state index contributed by atoms with van der Waals surface area (Å²) in [6.07, 6.45) is 4.39. The highest BCUT2D eigenvalue weighted by molar-refractivity contribution is 5.84. The van der Waals surface area contributed by atoms with Crippen LogP contribution in [0, 0.1) is 5.92 Å². The molecule has 1 heterocycles. The summed E-state index contributed by atoms with van der Waals surface area (Å²) in [6, 6.07) is 0.231. The number of carboxylic acids is 1. The normalized spacial score (nSPS) is 22.9. The SMILES string of the molecule is CC1CCC(NC(=O)Cn2cc(C(=O)O)nn2)C1. The number of aromatic nitrogens is 3. The molecule has 1 fully saturated rings. The minimum absolute atomic E-state index is 0.00512. The van der Waals surface area contributed by atoms with Gasteiger partial charge < -0.3 is 10.4 Å². The van der Waals surface area contributed by atoms with Crippen LogP contribution in [0.15, 0.2) is 6.20 Å². The minimum Gasteiger partial charge on any atom is -0.476 e. The summed E-state index contributed by atoms with van der Waals surface area (Å²) in [6.45, 7) is 2.17. The third-order valence-corrected chi connectivity index (χ3v) is 3.12. The van der Waals surface area contributed by atoms with Crippen molar-refractivity contribution in [3.05, 3.63) is 11.9 Å². The highest BCUT2D eigenvalue weighted by Crippen LogP contribution is 2.24. The molecule has 1 aromatic rings. The van der Waals surface area contributed by atoms with Crippen LogP contribution < -0.4 is 5.32 Å². The predicted octanol–water partition coefficient (Wildman–Crippen LogP) is 0.281. The summed E-state index contributed by atoms with van der Waals surface area (Å²) >= 11 is 0. The first-order valence-corrected chi connectivity index (χ1v) is 5.97. The maximum atomic E-state index is 11.7. The molecule has 0 spiro atoms. The van der Waals surface area contributed by atoms with E-state index in [1.165, 1.54) is 10.9 Å². The molecule has 2 rings (SSSR count). The number of carbonyl (C=O) groups excluding carboxylic acids is 1. The van der Waals surface area contributed by atoms with Crippen LogP contribution in [0.3, 0.4) is 0 Å². The van der Waals surface area contributed by atoms with E-state index in [4.69, 9.17) is 5.11 Å². The van der Waals surface area contributed by atoms with Crippen molar-refractivity contribution in [3.63, 3.8) is 0 Å². The number of rotatable bonds is 4. The van der Waals surface area contributed by atoms with Gasteiger partial charge in [-0.15, -0.1) is 5.10 Å². The third-order valence-electron chi connectivity index (χ3n) is 3.12. The zero-order valence-corrected chi connectivity index (χ0v) is 10.2. The van der Waals surface area contributed by atoms with E-state index in [1.807, 2.05) is 0 Å². The van der Waals surface area contributed by atoms with Crippen LogP contribution in [0.25, 0.3) is 0 Å². The quantitative estimate of drug-likeness (QED) is 0.802. The molecule has 7 heteroatoms. The number of hydrogen-bond acceptors (Lipinski definition) is 4. The zero-order chi connectivity index (χ0) is 13.1. The summed E-state index contributed by atoms with van der Waals surface area (Å²) in [4.78, 5) is 22.3. The average Bonchev–Trinajstić information content (AvgIpc) is 2.88. The molecule has 2 unspecified atom stereocenters. The summed E-state index contributed by atoms with van der Waals surface area (Å²) in [7, 11) is 0. The highest BCUT2D eigenvalue weighted by atomic mass is 16.4. The molecule has 0 bridgehead atoms. The van der Waals surface area contributed by atoms with Gasteiger partial charge >= 0.3 is 5.97 Å². The Bertz CT molecular complexity index is 457. The van der Waals surface area contributed by atoms with Crippen molar-refractivity contribution in [2.75, 3.05) is 0 Å². The first-order valence-electron chi connectivity index (χ1n) is 5.97. The standard InChI is InChI=1S/C11H16N4O3/c1-7-2-3-8(4-7)12-10(16)6-15-5-9(11(17)18)13-14-15/h5,7-8H,2-4,6H2,1H3,(H,12,16)(H,17,18). The summed E-state index contributed by atoms with van der Waals surface area (Å²) in [5, 5.41) is 18.6. The maximum Gasteiger partial charge on any atom is 0.358 e. The van der Waals surface area contributed by atoms with E-state index >= 15 is 0 Å². The Morgan fingerprint density at radius 2 is 2.33 bits per heavy atom. The van der Waals surface area contributed by atoms with Gasteiger partial charge in [0.05, 0.1) is 6.20 Å². The Kier molecular flexibility index (Phi) is 3.59. The highest BCUT2D eigenvalue weighted by Gasteiger charge is 2.22. The molecule has 1 aromatic heterocycles. The fourth-order valence-corrected chi connectivity index (χ4v) is 2.23. The van der Waals surface area contributed by atoms with Gasteiger partial charge in [-0.3, -0.25) is 4.79 Å². The van der Waals surface area contributed by atoms with Gasteiger partial charge in [0.2, 0.25) is 5.91 Å². The van der Waals surface area contributed by atoms with Crippen molar-refractivity contribution in [2.24, 2.45) is 5.92 Å². The van der Waals surface area contributed by atoms with Gasteiger partial charge in [0, 0.05) is 6.04 Å². The van der Waals surface area contributed by atoms with E-state index in [0.29, 0.717) is 5.92 Å². The summed E-state index contributed by atoms with van der Waals surface area (Å²) < 4.78 is 1.23. The Labute approximate surface area is 104 Å². The number of nitrogens with one attached hydrogen (secondary N) is 1. The molecule has 2 atom stereocenters. The number of amides is 1. The van der Waals surface area contributed by atoms with Gasteiger partial charge in [0.1, 0.15) is 6.54 Å². The number of nitrogens with zero attached hydrogens (tertiary/aromatic N) is 3. The number of carboxylic acid groups (broad SMARTS) is 1. The number of carbonyl (C=O) groups is 2. The van der Waals surface area contributed by atoms with Gasteiger partial charge in [-0.05, 0) is 25.2 Å². The minimum atomic E-state index is -1.15. The molecule has 0 saturated heterocycles. The lowest BCUT2D eigenvalue weighted by Gasteiger charge is -2.11. The zero-order valence-electron chi connectivity index (χ0n) is 10.2. The lowest BCUT2D eigenvalue weighted by atomic mass is 10.1. The second kappa shape index (κ2) is 5.16. The Morgan fingerprint density at radius 1 is 1.56 bits per heavy atom. The third kappa shape index (κ3) is 3.06. The van der Waals surface area contributed by atoms with Gasteiger partial charge in [-0.1, -0.05) is 12.1 Å². The van der Waals surface area contributed by atoms with Crippen molar-refractivity contribution < 1.29 is 14.7 Å². The van der Waals surface area contributed by atoms with E-state index in [9.17, 15) is 9.59 Å². The smallest absolute Gasteiger partial charge is 0.358 e. The average molecular weight is 252 g/mol. The summed E-state index contributed by atoms with van der Waals surface area (Å²) in [5.41, 5.74) is -0.155. The van der Waals surface area contributed by atoms with E-state index in [1.54, 1.807) is 0 Å². The second-order valence-corrected chi connectivity index (χ2v) is 4.79. The van der Waals surface area contributed by atoms with Gasteiger partial charge in [0.25, 0.3) is 0 Å². The van der Waals surface area contributed by atoms with Crippen LogP contribution in [0.1, 0.15) is 36.7 Å². The molecule has 18 heavy (non-hydrogen) atoms. The van der Waals surface area contributed by atoms with E-state index in [2.05, 4.69) is 22.6 Å². The Hall–Kier alpha value is -1.92. The van der Waals surface area contributed by atoms with Crippen molar-refractivity contribution >= 4 is 11.9 Å². The van der Waals surface area contributed by atoms with Crippen LogP contribution in [0.4, 0.5) is 0 Å². The van der Waals surface area contributed by atoms with Crippen molar-refractivity contribution in [1.29, 1.82) is 0 Å². The maximum absolute atomic E-state index is 11.7. The molecule has 1 amide bonds. The Morgan fingerprint density at radius 3 is 2.89 bits per heavy atom. The van der Waals surface area contributed by atoms with Crippen molar-refractivity contribution in [3.8, 4) is 0 Å². The lowest BCUT2D eigenvalue weighted by Crippen LogP contribution is -2.35.